The molecule has 0 radical (unpaired) electrons. The number of amides is 1. The molecule has 14 heteroatoms. The van der Waals surface area contributed by atoms with Crippen LogP contribution in [-0.4, -0.2) is 87.4 Å². The Morgan fingerprint density at radius 3 is 2.74 bits per heavy atom. The van der Waals surface area contributed by atoms with E-state index in [1.54, 1.807) is 12.3 Å². The normalized spacial score (nSPS) is 13.9. The minimum atomic E-state index is -1.47. The maximum Gasteiger partial charge on any atom is 0.318 e. The Kier molecular flexibility index (Phi) is 7.96. The summed E-state index contributed by atoms with van der Waals surface area (Å²) in [5, 5.41) is 29.6. The maximum atomic E-state index is 14.9. The second-order valence-electron chi connectivity index (χ2n) is 7.85. The average Bonchev–Trinajstić information content (AvgIpc) is 3.46. The number of esters is 1. The fourth-order valence-electron chi connectivity index (χ4n) is 3.00. The van der Waals surface area contributed by atoms with Gasteiger partial charge in [-0.15, -0.1) is 5.10 Å². The SMILES string of the molecule is COC(=S)NCc1cn(-c2ccc(N3CC(=O)N(COC(=O)C(C)(CO)CO)C3)c(F)c2)nn1. The van der Waals surface area contributed by atoms with Crippen LogP contribution < -0.4 is 10.2 Å². The van der Waals surface area contributed by atoms with Crippen LogP contribution in [-0.2, 0) is 25.6 Å². The zero-order valence-electron chi connectivity index (χ0n) is 18.6. The number of carbonyl (C=O) groups is 2. The predicted octanol–water partition coefficient (Wildman–Crippen LogP) is -0.475. The third kappa shape index (κ3) is 5.58. The zero-order chi connectivity index (χ0) is 24.9. The number of aliphatic hydroxyl groups excluding tert-OH is 2. The largest absolute Gasteiger partial charge is 0.474 e. The Morgan fingerprint density at radius 2 is 2.09 bits per heavy atom. The first kappa shape index (κ1) is 25.3. The van der Waals surface area contributed by atoms with E-state index in [4.69, 9.17) is 21.7 Å². The van der Waals surface area contributed by atoms with Crippen LogP contribution in [0.25, 0.3) is 5.69 Å². The third-order valence-corrected chi connectivity index (χ3v) is 5.55. The van der Waals surface area contributed by atoms with Crippen molar-refractivity contribution < 1.29 is 33.7 Å². The number of carbonyl (C=O) groups excluding carboxylic acids is 2. The van der Waals surface area contributed by atoms with Crippen LogP contribution in [0.3, 0.4) is 0 Å². The highest BCUT2D eigenvalue weighted by atomic mass is 32.1. The van der Waals surface area contributed by atoms with Gasteiger partial charge in [0.15, 0.2) is 6.73 Å². The van der Waals surface area contributed by atoms with E-state index in [0.29, 0.717) is 17.9 Å². The molecule has 1 aliphatic rings. The van der Waals surface area contributed by atoms with E-state index >= 15 is 0 Å². The molecule has 34 heavy (non-hydrogen) atoms. The molecular formula is C20H25FN6O6S. The number of anilines is 1. The summed E-state index contributed by atoms with van der Waals surface area (Å²) in [5.74, 6) is -1.79. The highest BCUT2D eigenvalue weighted by Gasteiger charge is 2.36. The molecule has 3 N–H and O–H groups in total. The van der Waals surface area contributed by atoms with Gasteiger partial charge in [-0.05, 0) is 31.3 Å². The summed E-state index contributed by atoms with van der Waals surface area (Å²) in [6.45, 7) is -0.0768. The maximum absolute atomic E-state index is 14.9. The molecule has 1 saturated heterocycles. The number of nitrogens with zero attached hydrogens (tertiary/aromatic N) is 5. The van der Waals surface area contributed by atoms with Gasteiger partial charge in [0.1, 0.15) is 16.9 Å². The van der Waals surface area contributed by atoms with Crippen LogP contribution in [0.15, 0.2) is 24.4 Å². The third-order valence-electron chi connectivity index (χ3n) is 5.24. The number of hydrogen-bond donors (Lipinski definition) is 3. The molecule has 0 atom stereocenters. The minimum Gasteiger partial charge on any atom is -0.474 e. The zero-order valence-corrected chi connectivity index (χ0v) is 19.4. The summed E-state index contributed by atoms with van der Waals surface area (Å²) < 4.78 is 26.2. The molecule has 1 aliphatic heterocycles. The lowest BCUT2D eigenvalue weighted by Gasteiger charge is -2.24. The molecule has 0 unspecified atom stereocenters. The van der Waals surface area contributed by atoms with Crippen LogP contribution in [0.4, 0.5) is 10.1 Å². The van der Waals surface area contributed by atoms with E-state index in [9.17, 15) is 24.2 Å². The number of ether oxygens (including phenoxy) is 2. The summed E-state index contributed by atoms with van der Waals surface area (Å²) >= 11 is 4.90. The van der Waals surface area contributed by atoms with Crippen molar-refractivity contribution >= 4 is 35.0 Å². The Balaban J connectivity index is 1.63. The van der Waals surface area contributed by atoms with E-state index in [0.717, 1.165) is 0 Å². The first-order valence-corrected chi connectivity index (χ1v) is 10.6. The lowest BCUT2D eigenvalue weighted by Crippen LogP contribution is -2.40. The molecule has 184 valence electrons. The quantitative estimate of drug-likeness (QED) is 0.306. The second-order valence-corrected chi connectivity index (χ2v) is 8.22. The number of rotatable bonds is 9. The fourth-order valence-corrected chi connectivity index (χ4v) is 3.07. The van der Waals surface area contributed by atoms with Gasteiger partial charge in [-0.1, -0.05) is 5.21 Å². The molecule has 1 aromatic heterocycles. The summed E-state index contributed by atoms with van der Waals surface area (Å²) in [7, 11) is 1.44. The molecular weight excluding hydrogens is 471 g/mol. The molecule has 2 aromatic rings. The second kappa shape index (κ2) is 10.7. The van der Waals surface area contributed by atoms with Crippen molar-refractivity contribution in [3.63, 3.8) is 0 Å². The summed E-state index contributed by atoms with van der Waals surface area (Å²) in [6, 6.07) is 4.41. The lowest BCUT2D eigenvalue weighted by molar-refractivity contribution is -0.165. The highest BCUT2D eigenvalue weighted by molar-refractivity contribution is 7.80. The average molecular weight is 497 g/mol. The Labute approximate surface area is 199 Å². The monoisotopic (exact) mass is 496 g/mol. The number of halogens is 1. The molecule has 1 fully saturated rings. The van der Waals surface area contributed by atoms with Crippen molar-refractivity contribution in [1.29, 1.82) is 0 Å². The van der Waals surface area contributed by atoms with Gasteiger partial charge in [0.05, 0.1) is 57.7 Å². The number of aliphatic hydroxyl groups is 2. The van der Waals surface area contributed by atoms with Gasteiger partial charge in [-0.2, -0.15) is 0 Å². The summed E-state index contributed by atoms with van der Waals surface area (Å²) in [4.78, 5) is 27.1. The molecule has 2 heterocycles. The van der Waals surface area contributed by atoms with Crippen molar-refractivity contribution in [2.24, 2.45) is 5.41 Å². The van der Waals surface area contributed by atoms with Crippen LogP contribution >= 0.6 is 12.2 Å². The highest BCUT2D eigenvalue weighted by Crippen LogP contribution is 2.25. The number of benzene rings is 1. The van der Waals surface area contributed by atoms with Gasteiger partial charge in [-0.3, -0.25) is 14.5 Å². The van der Waals surface area contributed by atoms with E-state index in [1.807, 2.05) is 0 Å². The van der Waals surface area contributed by atoms with Gasteiger partial charge in [0.25, 0.3) is 5.17 Å². The predicted molar refractivity (Wildman–Crippen MR) is 120 cm³/mol. The number of aromatic nitrogens is 3. The van der Waals surface area contributed by atoms with Crippen molar-refractivity contribution in [2.45, 2.75) is 13.5 Å². The van der Waals surface area contributed by atoms with E-state index < -0.39 is 30.4 Å². The smallest absolute Gasteiger partial charge is 0.318 e. The first-order valence-electron chi connectivity index (χ1n) is 10.2. The van der Waals surface area contributed by atoms with Gasteiger partial charge < -0.3 is 29.9 Å². The molecule has 1 amide bonds. The van der Waals surface area contributed by atoms with Gasteiger partial charge in [-0.25, -0.2) is 9.07 Å². The van der Waals surface area contributed by atoms with E-state index in [1.165, 1.54) is 40.6 Å². The number of nitrogens with one attached hydrogen (secondary N) is 1. The van der Waals surface area contributed by atoms with Crippen LogP contribution in [0, 0.1) is 11.2 Å². The molecule has 0 bridgehead atoms. The van der Waals surface area contributed by atoms with Gasteiger partial charge in [0, 0.05) is 6.07 Å². The number of thiocarbonyl (C=S) groups is 1. The molecule has 3 rings (SSSR count). The Hall–Kier alpha value is -3.36. The van der Waals surface area contributed by atoms with E-state index in [2.05, 4.69) is 15.6 Å². The van der Waals surface area contributed by atoms with Crippen molar-refractivity contribution in [1.82, 2.24) is 25.2 Å². The molecule has 1 aromatic carbocycles. The number of methoxy groups -OCH3 is 1. The molecule has 0 spiro atoms. The minimum absolute atomic E-state index is 0.00407. The summed E-state index contributed by atoms with van der Waals surface area (Å²) in [6.07, 6.45) is 1.61. The summed E-state index contributed by atoms with van der Waals surface area (Å²) in [5.41, 5.74) is -0.290. The fraction of sp³-hybridized carbons (Fsp3) is 0.450. The van der Waals surface area contributed by atoms with Crippen LogP contribution in [0.1, 0.15) is 12.6 Å². The molecule has 12 nitrogen and oxygen atoms in total. The number of hydrogen-bond acceptors (Lipinski definition) is 10. The van der Waals surface area contributed by atoms with Crippen LogP contribution in [0.2, 0.25) is 0 Å². The molecule has 0 saturated carbocycles. The van der Waals surface area contributed by atoms with Crippen molar-refractivity contribution in [2.75, 3.05) is 45.2 Å². The van der Waals surface area contributed by atoms with Crippen molar-refractivity contribution in [3.8, 4) is 5.69 Å². The van der Waals surface area contributed by atoms with Crippen molar-refractivity contribution in [3.05, 3.63) is 35.9 Å². The van der Waals surface area contributed by atoms with Gasteiger partial charge >= 0.3 is 5.97 Å². The van der Waals surface area contributed by atoms with E-state index in [-0.39, 0.29) is 36.7 Å². The van der Waals surface area contributed by atoms with Crippen LogP contribution in [0.5, 0.6) is 0 Å². The standard InChI is InChI=1S/C20H25FN6O6S/c1-20(9-28,10-29)18(31)33-12-26-11-25(8-17(26)30)16-4-3-14(5-15(16)21)27-7-13(23-24-27)6-22-19(34)32-2/h3-5,7,28-29H,6,8-12H2,1-2H3,(H,22,34). The van der Waals surface area contributed by atoms with Gasteiger partial charge in [0.2, 0.25) is 5.91 Å². The molecule has 0 aliphatic carbocycles. The Bertz CT molecular complexity index is 1060. The lowest BCUT2D eigenvalue weighted by atomic mass is 9.93. The first-order chi connectivity index (χ1) is 16.2. The topological polar surface area (TPSA) is 142 Å². The Morgan fingerprint density at radius 1 is 1.35 bits per heavy atom.